The fourth-order valence-corrected chi connectivity index (χ4v) is 1.82. The first-order valence-corrected chi connectivity index (χ1v) is 6.44. The summed E-state index contributed by atoms with van der Waals surface area (Å²) < 4.78 is 0. The maximum Gasteiger partial charge on any atom is 0.268 e. The third-order valence-corrected chi connectivity index (χ3v) is 2.95. The Balaban J connectivity index is 1.83. The predicted molar refractivity (Wildman–Crippen MR) is 78.5 cm³/mol. The van der Waals surface area contributed by atoms with Gasteiger partial charge in [0, 0.05) is 24.0 Å². The van der Waals surface area contributed by atoms with Gasteiger partial charge in [-0.25, -0.2) is 0 Å². The lowest BCUT2D eigenvalue weighted by atomic mass is 10.2. The van der Waals surface area contributed by atoms with Crippen LogP contribution >= 0.6 is 0 Å². The molecule has 0 bridgehead atoms. The predicted octanol–water partition coefficient (Wildman–Crippen LogP) is 0.864. The summed E-state index contributed by atoms with van der Waals surface area (Å²) in [5, 5.41) is 17.4. The lowest BCUT2D eigenvalue weighted by molar-refractivity contribution is -0.114. The van der Waals surface area contributed by atoms with Crippen molar-refractivity contribution in [1.82, 2.24) is 15.6 Å². The van der Waals surface area contributed by atoms with Gasteiger partial charge in [-0.05, 0) is 19.1 Å². The monoisotopic (exact) mass is 288 g/mol. The van der Waals surface area contributed by atoms with Crippen molar-refractivity contribution in [3.8, 4) is 0 Å². The van der Waals surface area contributed by atoms with Crippen molar-refractivity contribution < 1.29 is 14.8 Å². The van der Waals surface area contributed by atoms with Gasteiger partial charge in [-0.15, -0.1) is 0 Å². The van der Waals surface area contributed by atoms with E-state index in [0.29, 0.717) is 5.69 Å². The molecule has 2 aromatic rings. The van der Waals surface area contributed by atoms with Gasteiger partial charge < -0.3 is 20.8 Å². The summed E-state index contributed by atoms with van der Waals surface area (Å²) in [6, 6.07) is 9.37. The van der Waals surface area contributed by atoms with Crippen LogP contribution in [0.15, 0.2) is 35.5 Å². The molecule has 7 heteroatoms. The van der Waals surface area contributed by atoms with Crippen molar-refractivity contribution in [1.29, 1.82) is 0 Å². The number of hydrogen-bond acceptors (Lipinski definition) is 4. The lowest BCUT2D eigenvalue weighted by Crippen LogP contribution is -2.37. The first-order valence-electron chi connectivity index (χ1n) is 6.44. The second-order valence-electron chi connectivity index (χ2n) is 4.47. The second kappa shape index (κ2) is 6.56. The Labute approximate surface area is 121 Å². The summed E-state index contributed by atoms with van der Waals surface area (Å²) >= 11 is 0. The van der Waals surface area contributed by atoms with Crippen LogP contribution in [-0.2, 0) is 4.79 Å². The highest BCUT2D eigenvalue weighted by molar-refractivity contribution is 6.37. The summed E-state index contributed by atoms with van der Waals surface area (Å²) in [7, 11) is 0. The molecule has 0 saturated heterocycles. The summed E-state index contributed by atoms with van der Waals surface area (Å²) in [4.78, 5) is 26.2. The summed E-state index contributed by atoms with van der Waals surface area (Å²) in [5.41, 5.74) is 1.33. The van der Waals surface area contributed by atoms with Crippen LogP contribution in [-0.4, -0.2) is 40.8 Å². The molecule has 0 unspecified atom stereocenters. The molecule has 1 aromatic carbocycles. The molecule has 0 atom stereocenters. The van der Waals surface area contributed by atoms with Gasteiger partial charge in [-0.2, -0.15) is 0 Å². The molecule has 1 aromatic heterocycles. The number of carbonyl (C=O) groups is 2. The molecule has 0 aliphatic heterocycles. The van der Waals surface area contributed by atoms with Crippen LogP contribution in [0.4, 0.5) is 0 Å². The zero-order valence-corrected chi connectivity index (χ0v) is 11.5. The van der Waals surface area contributed by atoms with E-state index in [-0.39, 0.29) is 24.7 Å². The highest BCUT2D eigenvalue weighted by Gasteiger charge is 2.09. The number of nitrogens with zero attached hydrogens (tertiary/aromatic N) is 1. The molecule has 2 amide bonds. The van der Waals surface area contributed by atoms with Crippen molar-refractivity contribution in [2.24, 2.45) is 5.16 Å². The number of benzene rings is 1. The van der Waals surface area contributed by atoms with E-state index in [1.165, 1.54) is 6.92 Å². The number of rotatable bonds is 5. The number of aromatic amines is 1. The number of carbonyl (C=O) groups excluding carboxylic acids is 2. The number of amides is 2. The molecule has 0 saturated carbocycles. The molecule has 2 rings (SSSR count). The molecular weight excluding hydrogens is 272 g/mol. The zero-order chi connectivity index (χ0) is 15.2. The van der Waals surface area contributed by atoms with Crippen molar-refractivity contribution in [2.45, 2.75) is 6.92 Å². The fraction of sp³-hybridized carbons (Fsp3) is 0.214. The number of oxime groups is 1. The molecule has 0 aliphatic carbocycles. The average Bonchev–Trinajstić information content (AvgIpc) is 2.94. The van der Waals surface area contributed by atoms with E-state index < -0.39 is 5.91 Å². The molecule has 0 radical (unpaired) electrons. The Kier molecular flexibility index (Phi) is 4.55. The minimum atomic E-state index is -0.475. The van der Waals surface area contributed by atoms with Crippen LogP contribution in [0.5, 0.6) is 0 Å². The minimum absolute atomic E-state index is 0.0306. The highest BCUT2D eigenvalue weighted by Crippen LogP contribution is 2.14. The molecule has 0 fully saturated rings. The van der Waals surface area contributed by atoms with Crippen LogP contribution in [0.3, 0.4) is 0 Å². The third-order valence-electron chi connectivity index (χ3n) is 2.95. The molecule has 21 heavy (non-hydrogen) atoms. The molecule has 0 spiro atoms. The van der Waals surface area contributed by atoms with E-state index >= 15 is 0 Å². The summed E-state index contributed by atoms with van der Waals surface area (Å²) in [6.07, 6.45) is 0. The number of fused-ring (bicyclic) bond motifs is 1. The van der Waals surface area contributed by atoms with Gasteiger partial charge in [0.25, 0.3) is 11.8 Å². The summed E-state index contributed by atoms with van der Waals surface area (Å²) in [5.74, 6) is -0.717. The first-order chi connectivity index (χ1) is 10.1. The van der Waals surface area contributed by atoms with Gasteiger partial charge in [0.2, 0.25) is 0 Å². The van der Waals surface area contributed by atoms with E-state index in [1.54, 1.807) is 6.07 Å². The smallest absolute Gasteiger partial charge is 0.268 e. The Bertz CT molecular complexity index is 657. The van der Waals surface area contributed by atoms with Crippen molar-refractivity contribution in [3.63, 3.8) is 0 Å². The van der Waals surface area contributed by atoms with Crippen molar-refractivity contribution in [2.75, 3.05) is 13.1 Å². The van der Waals surface area contributed by atoms with Gasteiger partial charge in [0.05, 0.1) is 0 Å². The molecule has 1 heterocycles. The van der Waals surface area contributed by atoms with Gasteiger partial charge in [-0.1, -0.05) is 23.4 Å². The van der Waals surface area contributed by atoms with E-state index in [0.717, 1.165) is 10.9 Å². The SMILES string of the molecule is CC(=NO)C(=O)NCCNC(=O)c1cc2ccccc2[nH]1. The first kappa shape index (κ1) is 14.6. The third kappa shape index (κ3) is 3.59. The largest absolute Gasteiger partial charge is 0.410 e. The number of hydrogen-bond donors (Lipinski definition) is 4. The number of H-pyrrole nitrogens is 1. The Hall–Kier alpha value is -2.83. The molecular formula is C14H16N4O3. The van der Waals surface area contributed by atoms with Crippen LogP contribution in [0, 0.1) is 0 Å². The van der Waals surface area contributed by atoms with Crippen molar-refractivity contribution in [3.05, 3.63) is 36.0 Å². The Morgan fingerprint density at radius 1 is 1.24 bits per heavy atom. The second-order valence-corrected chi connectivity index (χ2v) is 4.47. The zero-order valence-electron chi connectivity index (χ0n) is 11.5. The van der Waals surface area contributed by atoms with Crippen LogP contribution in [0.25, 0.3) is 10.9 Å². The fourth-order valence-electron chi connectivity index (χ4n) is 1.82. The Morgan fingerprint density at radius 3 is 2.67 bits per heavy atom. The van der Waals surface area contributed by atoms with E-state index in [1.807, 2.05) is 24.3 Å². The lowest BCUT2D eigenvalue weighted by Gasteiger charge is -2.05. The quantitative estimate of drug-likeness (QED) is 0.284. The van der Waals surface area contributed by atoms with Gasteiger partial charge in [0.15, 0.2) is 0 Å². The van der Waals surface area contributed by atoms with Crippen LogP contribution in [0.1, 0.15) is 17.4 Å². The maximum absolute atomic E-state index is 11.9. The number of aromatic nitrogens is 1. The van der Waals surface area contributed by atoms with Crippen LogP contribution < -0.4 is 10.6 Å². The average molecular weight is 288 g/mol. The van der Waals surface area contributed by atoms with Crippen LogP contribution in [0.2, 0.25) is 0 Å². The van der Waals surface area contributed by atoms with Crippen molar-refractivity contribution >= 4 is 28.4 Å². The molecule has 110 valence electrons. The number of para-hydroxylation sites is 1. The minimum Gasteiger partial charge on any atom is -0.410 e. The molecule has 0 aliphatic rings. The van der Waals surface area contributed by atoms with Gasteiger partial charge >= 0.3 is 0 Å². The standard InChI is InChI=1S/C14H16N4O3/c1-9(18-21)13(19)15-6-7-16-14(20)12-8-10-4-2-3-5-11(10)17-12/h2-5,8,17,21H,6-7H2,1H3,(H,15,19)(H,16,20). The molecule has 7 nitrogen and oxygen atoms in total. The van der Waals surface area contributed by atoms with E-state index in [9.17, 15) is 9.59 Å². The van der Waals surface area contributed by atoms with E-state index in [4.69, 9.17) is 5.21 Å². The van der Waals surface area contributed by atoms with E-state index in [2.05, 4.69) is 20.8 Å². The maximum atomic E-state index is 11.9. The Morgan fingerprint density at radius 2 is 1.95 bits per heavy atom. The number of nitrogens with one attached hydrogen (secondary N) is 3. The molecule has 4 N–H and O–H groups in total. The van der Waals surface area contributed by atoms with Gasteiger partial charge in [0.1, 0.15) is 11.4 Å². The highest BCUT2D eigenvalue weighted by atomic mass is 16.4. The topological polar surface area (TPSA) is 107 Å². The van der Waals surface area contributed by atoms with Gasteiger partial charge in [-0.3, -0.25) is 9.59 Å². The summed E-state index contributed by atoms with van der Waals surface area (Å²) in [6.45, 7) is 1.91. The normalized spacial score (nSPS) is 11.4.